The third-order valence-corrected chi connectivity index (χ3v) is 2.68. The first-order valence-electron chi connectivity index (χ1n) is 5.64. The van der Waals surface area contributed by atoms with Crippen molar-refractivity contribution in [3.63, 3.8) is 0 Å². The molecule has 0 fully saturated rings. The molecule has 0 unspecified atom stereocenters. The summed E-state index contributed by atoms with van der Waals surface area (Å²) in [6, 6.07) is 6.64. The second-order valence-corrected chi connectivity index (χ2v) is 5.44. The van der Waals surface area contributed by atoms with Crippen molar-refractivity contribution in [1.29, 1.82) is 0 Å². The Hall–Kier alpha value is -0.860. The minimum atomic E-state index is 0.255. The Morgan fingerprint density at radius 1 is 1.06 bits per heavy atom. The molecule has 92 valence electrons. The average molecular weight is 224 g/mol. The van der Waals surface area contributed by atoms with Crippen molar-refractivity contribution in [1.82, 2.24) is 0 Å². The Labute approximate surface area is 98.9 Å². The third kappa shape index (κ3) is 3.62. The van der Waals surface area contributed by atoms with Crippen LogP contribution in [0.4, 0.5) is 0 Å². The number of benzene rings is 1. The standard InChI is InChI=1S/C14H22.H2O2/c1-10(2)12-9-7-8-11(3)13(12)14(4,5)6;1-2/h7-10H,1-6H3;1-2H. The molecule has 2 nitrogen and oxygen atoms in total. The molecule has 0 amide bonds. The maximum Gasteiger partial charge on any atom is -0.0126 e. The Kier molecular flexibility index (Phi) is 5.70. The van der Waals surface area contributed by atoms with Gasteiger partial charge in [-0.3, -0.25) is 10.5 Å². The van der Waals surface area contributed by atoms with Crippen LogP contribution in [0.25, 0.3) is 0 Å². The fourth-order valence-corrected chi connectivity index (χ4v) is 2.20. The molecule has 0 bridgehead atoms. The Morgan fingerprint density at radius 2 is 1.56 bits per heavy atom. The number of rotatable bonds is 1. The van der Waals surface area contributed by atoms with Gasteiger partial charge in [0.25, 0.3) is 0 Å². The summed E-state index contributed by atoms with van der Waals surface area (Å²) in [4.78, 5) is 0. The van der Waals surface area contributed by atoms with Gasteiger partial charge in [-0.2, -0.15) is 0 Å². The highest BCUT2D eigenvalue weighted by Gasteiger charge is 2.20. The van der Waals surface area contributed by atoms with Crippen LogP contribution >= 0.6 is 0 Å². The van der Waals surface area contributed by atoms with Crippen LogP contribution < -0.4 is 0 Å². The number of hydrogen-bond donors (Lipinski definition) is 2. The van der Waals surface area contributed by atoms with Gasteiger partial charge in [-0.1, -0.05) is 52.8 Å². The number of hydrogen-bond acceptors (Lipinski definition) is 2. The van der Waals surface area contributed by atoms with Crippen LogP contribution in [0, 0.1) is 6.92 Å². The molecule has 0 heterocycles. The summed E-state index contributed by atoms with van der Waals surface area (Å²) >= 11 is 0. The maximum absolute atomic E-state index is 6.00. The van der Waals surface area contributed by atoms with E-state index < -0.39 is 0 Å². The quantitative estimate of drug-likeness (QED) is 0.547. The topological polar surface area (TPSA) is 40.5 Å². The van der Waals surface area contributed by atoms with E-state index in [-0.39, 0.29) is 5.41 Å². The van der Waals surface area contributed by atoms with Gasteiger partial charge in [0.15, 0.2) is 0 Å². The molecular formula is C14H24O2. The third-order valence-electron chi connectivity index (χ3n) is 2.68. The SMILES string of the molecule is Cc1cccc(C(C)C)c1C(C)(C)C.OO. The van der Waals surface area contributed by atoms with Gasteiger partial charge in [-0.25, -0.2) is 0 Å². The lowest BCUT2D eigenvalue weighted by molar-refractivity contribution is -0.176. The van der Waals surface area contributed by atoms with Crippen LogP contribution in [0.3, 0.4) is 0 Å². The molecule has 1 aromatic carbocycles. The zero-order valence-corrected chi connectivity index (χ0v) is 11.2. The highest BCUT2D eigenvalue weighted by molar-refractivity contribution is 5.41. The van der Waals surface area contributed by atoms with Crippen LogP contribution in [0.5, 0.6) is 0 Å². The molecule has 0 saturated carbocycles. The molecule has 2 N–H and O–H groups in total. The molecule has 0 saturated heterocycles. The van der Waals surface area contributed by atoms with E-state index in [9.17, 15) is 0 Å². The van der Waals surface area contributed by atoms with Crippen molar-refractivity contribution in [3.8, 4) is 0 Å². The molecule has 0 atom stereocenters. The largest absolute Gasteiger partial charge is 0.255 e. The molecule has 0 aliphatic heterocycles. The van der Waals surface area contributed by atoms with Crippen LogP contribution in [-0.2, 0) is 5.41 Å². The van der Waals surface area contributed by atoms with Crippen LogP contribution in [0.2, 0.25) is 0 Å². The molecule has 2 heteroatoms. The van der Waals surface area contributed by atoms with E-state index in [2.05, 4.69) is 59.7 Å². The molecule has 1 aromatic rings. The van der Waals surface area contributed by atoms with Gasteiger partial charge in [0, 0.05) is 0 Å². The van der Waals surface area contributed by atoms with Gasteiger partial charge < -0.3 is 0 Å². The van der Waals surface area contributed by atoms with Crippen molar-refractivity contribution >= 4 is 0 Å². The highest BCUT2D eigenvalue weighted by atomic mass is 17.0. The highest BCUT2D eigenvalue weighted by Crippen LogP contribution is 2.32. The van der Waals surface area contributed by atoms with Crippen molar-refractivity contribution in [2.24, 2.45) is 0 Å². The predicted octanol–water partition coefficient (Wildman–Crippen LogP) is 4.43. The fourth-order valence-electron chi connectivity index (χ4n) is 2.20. The van der Waals surface area contributed by atoms with Gasteiger partial charge in [-0.05, 0) is 34.9 Å². The van der Waals surface area contributed by atoms with Gasteiger partial charge in [-0.15, -0.1) is 0 Å². The minimum Gasteiger partial charge on any atom is -0.255 e. The van der Waals surface area contributed by atoms with E-state index in [4.69, 9.17) is 10.5 Å². The van der Waals surface area contributed by atoms with E-state index >= 15 is 0 Å². The summed E-state index contributed by atoms with van der Waals surface area (Å²) in [7, 11) is 0. The summed E-state index contributed by atoms with van der Waals surface area (Å²) in [5.41, 5.74) is 4.70. The lowest BCUT2D eigenvalue weighted by atomic mass is 9.78. The Balaban J connectivity index is 0.00000106. The lowest BCUT2D eigenvalue weighted by Crippen LogP contribution is -2.16. The first-order valence-corrected chi connectivity index (χ1v) is 5.64. The first kappa shape index (κ1) is 15.1. The van der Waals surface area contributed by atoms with E-state index in [0.717, 1.165) is 0 Å². The smallest absolute Gasteiger partial charge is 0.0126 e. The van der Waals surface area contributed by atoms with E-state index in [1.54, 1.807) is 0 Å². The van der Waals surface area contributed by atoms with E-state index in [1.807, 2.05) is 0 Å². The molecule has 1 rings (SSSR count). The van der Waals surface area contributed by atoms with Crippen LogP contribution in [-0.4, -0.2) is 10.5 Å². The second kappa shape index (κ2) is 6.02. The first-order chi connectivity index (χ1) is 7.34. The normalized spacial score (nSPS) is 11.1. The summed E-state index contributed by atoms with van der Waals surface area (Å²) in [6.45, 7) is 13.6. The molecule has 0 aromatic heterocycles. The minimum absolute atomic E-state index is 0.255. The van der Waals surface area contributed by atoms with Crippen molar-refractivity contribution in [3.05, 3.63) is 34.9 Å². The van der Waals surface area contributed by atoms with Gasteiger partial charge in [0.2, 0.25) is 0 Å². The van der Waals surface area contributed by atoms with Gasteiger partial charge in [0.1, 0.15) is 0 Å². The zero-order valence-electron chi connectivity index (χ0n) is 11.2. The Morgan fingerprint density at radius 3 is 1.88 bits per heavy atom. The fraction of sp³-hybridized carbons (Fsp3) is 0.571. The Bertz CT molecular complexity index is 322. The molecule has 16 heavy (non-hydrogen) atoms. The number of aryl methyl sites for hydroxylation is 1. The van der Waals surface area contributed by atoms with Crippen molar-refractivity contribution in [2.75, 3.05) is 0 Å². The molecule has 0 spiro atoms. The monoisotopic (exact) mass is 224 g/mol. The van der Waals surface area contributed by atoms with Crippen LogP contribution in [0.1, 0.15) is 57.2 Å². The van der Waals surface area contributed by atoms with Gasteiger partial charge >= 0.3 is 0 Å². The predicted molar refractivity (Wildman–Crippen MR) is 69.2 cm³/mol. The summed E-state index contributed by atoms with van der Waals surface area (Å²) in [5, 5.41) is 12.0. The van der Waals surface area contributed by atoms with Crippen molar-refractivity contribution in [2.45, 2.75) is 52.9 Å². The molecule has 0 aliphatic carbocycles. The zero-order chi connectivity index (χ0) is 12.9. The summed E-state index contributed by atoms with van der Waals surface area (Å²) in [5.74, 6) is 0.615. The average Bonchev–Trinajstić information content (AvgIpc) is 2.18. The molecule has 0 radical (unpaired) electrons. The molecular weight excluding hydrogens is 200 g/mol. The summed E-state index contributed by atoms with van der Waals surface area (Å²) < 4.78 is 0. The van der Waals surface area contributed by atoms with Crippen LogP contribution in [0.15, 0.2) is 18.2 Å². The summed E-state index contributed by atoms with van der Waals surface area (Å²) in [6.07, 6.45) is 0. The van der Waals surface area contributed by atoms with E-state index in [1.165, 1.54) is 16.7 Å². The van der Waals surface area contributed by atoms with Crippen molar-refractivity contribution < 1.29 is 10.5 Å². The molecule has 0 aliphatic rings. The van der Waals surface area contributed by atoms with Gasteiger partial charge in [0.05, 0.1) is 0 Å². The maximum atomic E-state index is 6.00. The van der Waals surface area contributed by atoms with E-state index in [0.29, 0.717) is 5.92 Å². The lowest BCUT2D eigenvalue weighted by Gasteiger charge is -2.27. The second-order valence-electron chi connectivity index (χ2n) is 5.44.